The lowest BCUT2D eigenvalue weighted by Gasteiger charge is -2.18. The van der Waals surface area contributed by atoms with Gasteiger partial charge < -0.3 is 25.2 Å². The highest BCUT2D eigenvalue weighted by Crippen LogP contribution is 2.43. The first-order chi connectivity index (χ1) is 33.1. The zero-order valence-corrected chi connectivity index (χ0v) is 45.3. The Bertz CT molecular complexity index is 1160. The highest BCUT2D eigenvalue weighted by molar-refractivity contribution is 7.47. The van der Waals surface area contributed by atoms with Gasteiger partial charge in [0.15, 0.2) is 6.04 Å². The fourth-order valence-corrected chi connectivity index (χ4v) is 9.68. The van der Waals surface area contributed by atoms with Crippen molar-refractivity contribution in [1.29, 1.82) is 0 Å². The Morgan fingerprint density at radius 2 is 0.676 bits per heavy atom. The van der Waals surface area contributed by atoms with E-state index >= 15 is 0 Å². The number of ether oxygens (including phenoxy) is 1. The Labute approximate surface area is 418 Å². The summed E-state index contributed by atoms with van der Waals surface area (Å²) in [6.07, 6.45) is 55.6. The standard InChI is InChI=1S/C56H110NO10P/c1-3-5-7-9-11-13-15-17-19-21-23-25-26-27-28-29-31-33-35-37-39-41-43-45-47-54(59)57-53(56(61)62)51-67-68(63,64)66-50-52(58)49-65-55(60)48-46-44-42-40-38-36-34-32-30-24-22-20-18-16-14-12-10-8-6-4-2/h52-53,58H,3-51H2,1-2H3,(H,57,59)(H,61,62)(H,63,64). The number of carbonyl (C=O) groups excluding carboxylic acids is 2. The molecule has 3 atom stereocenters. The van der Waals surface area contributed by atoms with Gasteiger partial charge in [-0.25, -0.2) is 9.36 Å². The summed E-state index contributed by atoms with van der Waals surface area (Å²) in [5, 5.41) is 22.0. The largest absolute Gasteiger partial charge is 0.480 e. The maximum atomic E-state index is 12.4. The number of esters is 1. The second kappa shape index (κ2) is 51.8. The molecular weight excluding hydrogens is 878 g/mol. The van der Waals surface area contributed by atoms with Crippen molar-refractivity contribution in [3.8, 4) is 0 Å². The molecule has 0 fully saturated rings. The minimum atomic E-state index is -4.76. The van der Waals surface area contributed by atoms with E-state index in [4.69, 9.17) is 13.8 Å². The molecule has 3 unspecified atom stereocenters. The number of hydrogen-bond acceptors (Lipinski definition) is 8. The molecule has 0 aliphatic heterocycles. The van der Waals surface area contributed by atoms with Crippen molar-refractivity contribution in [2.75, 3.05) is 19.8 Å². The highest BCUT2D eigenvalue weighted by Gasteiger charge is 2.28. The van der Waals surface area contributed by atoms with Gasteiger partial charge in [0, 0.05) is 12.8 Å². The predicted octanol–water partition coefficient (Wildman–Crippen LogP) is 16.6. The summed E-state index contributed by atoms with van der Waals surface area (Å²) < 4.78 is 27.0. The van der Waals surface area contributed by atoms with Crippen LogP contribution in [0.3, 0.4) is 0 Å². The van der Waals surface area contributed by atoms with E-state index in [-0.39, 0.29) is 12.8 Å². The van der Waals surface area contributed by atoms with Gasteiger partial charge in [-0.2, -0.15) is 0 Å². The first-order valence-electron chi connectivity index (χ1n) is 29.1. The number of phosphoric acid groups is 1. The number of unbranched alkanes of at least 4 members (excludes halogenated alkanes) is 42. The van der Waals surface area contributed by atoms with Crippen molar-refractivity contribution in [1.82, 2.24) is 5.32 Å². The van der Waals surface area contributed by atoms with Crippen LogP contribution >= 0.6 is 7.82 Å². The van der Waals surface area contributed by atoms with Gasteiger partial charge in [0.25, 0.3) is 0 Å². The van der Waals surface area contributed by atoms with E-state index < -0.39 is 57.6 Å². The van der Waals surface area contributed by atoms with Crippen molar-refractivity contribution < 1.29 is 47.8 Å². The SMILES string of the molecule is CCCCCCCCCCCCCCCCCCCCCCCCCCC(=O)NC(COP(=O)(O)OCC(O)COC(=O)CCCCCCCCCCCCCCCCCCCCCC)C(=O)O. The Hall–Kier alpha value is -1.52. The smallest absolute Gasteiger partial charge is 0.472 e. The van der Waals surface area contributed by atoms with E-state index in [0.717, 1.165) is 38.5 Å². The van der Waals surface area contributed by atoms with E-state index in [1.54, 1.807) is 0 Å². The molecule has 0 aliphatic carbocycles. The van der Waals surface area contributed by atoms with Gasteiger partial charge in [0.05, 0.1) is 13.2 Å². The first-order valence-corrected chi connectivity index (χ1v) is 30.6. The Balaban J connectivity index is 3.72. The average Bonchev–Trinajstić information content (AvgIpc) is 3.32. The van der Waals surface area contributed by atoms with Crippen molar-refractivity contribution in [3.05, 3.63) is 0 Å². The molecule has 0 spiro atoms. The molecule has 0 aromatic carbocycles. The third-order valence-electron chi connectivity index (χ3n) is 13.4. The van der Waals surface area contributed by atoms with Gasteiger partial charge in [0.2, 0.25) is 5.91 Å². The van der Waals surface area contributed by atoms with Gasteiger partial charge in [-0.15, -0.1) is 0 Å². The quantitative estimate of drug-likeness (QED) is 0.0261. The molecule has 0 aromatic heterocycles. The van der Waals surface area contributed by atoms with Crippen LogP contribution in [0.2, 0.25) is 0 Å². The van der Waals surface area contributed by atoms with Crippen molar-refractivity contribution in [3.63, 3.8) is 0 Å². The highest BCUT2D eigenvalue weighted by atomic mass is 31.2. The minimum Gasteiger partial charge on any atom is -0.480 e. The molecule has 0 saturated heterocycles. The molecule has 0 aromatic rings. The van der Waals surface area contributed by atoms with Crippen LogP contribution in [0, 0.1) is 0 Å². The van der Waals surface area contributed by atoms with Crippen LogP contribution in [0.25, 0.3) is 0 Å². The van der Waals surface area contributed by atoms with Crippen LogP contribution < -0.4 is 5.32 Å². The monoisotopic (exact) mass is 988 g/mol. The van der Waals surface area contributed by atoms with Crippen LogP contribution in [-0.2, 0) is 32.7 Å². The summed E-state index contributed by atoms with van der Waals surface area (Å²) in [6.45, 7) is 2.68. The molecule has 0 saturated carbocycles. The van der Waals surface area contributed by atoms with E-state index in [9.17, 15) is 34.1 Å². The van der Waals surface area contributed by atoms with Gasteiger partial charge in [-0.3, -0.25) is 18.6 Å². The number of carboxylic acids is 1. The minimum absolute atomic E-state index is 0.154. The van der Waals surface area contributed by atoms with Gasteiger partial charge in [-0.05, 0) is 12.8 Å². The third kappa shape index (κ3) is 50.9. The van der Waals surface area contributed by atoms with Crippen LogP contribution in [0.15, 0.2) is 0 Å². The molecule has 11 nitrogen and oxygen atoms in total. The lowest BCUT2D eigenvalue weighted by Crippen LogP contribution is -2.43. The summed E-state index contributed by atoms with van der Waals surface area (Å²) in [5.74, 6) is -2.34. The van der Waals surface area contributed by atoms with Crippen LogP contribution in [0.1, 0.15) is 309 Å². The van der Waals surface area contributed by atoms with E-state index in [2.05, 4.69) is 19.2 Å². The molecule has 0 rings (SSSR count). The molecule has 0 aliphatic rings. The zero-order chi connectivity index (χ0) is 49.9. The molecule has 68 heavy (non-hydrogen) atoms. The number of nitrogens with one attached hydrogen (secondary N) is 1. The Kier molecular flexibility index (Phi) is 50.7. The second-order valence-electron chi connectivity index (χ2n) is 20.2. The summed E-state index contributed by atoms with van der Waals surface area (Å²) in [7, 11) is -4.76. The number of aliphatic carboxylic acids is 1. The number of carboxylic acid groups (broad SMARTS) is 1. The maximum absolute atomic E-state index is 12.4. The van der Waals surface area contributed by atoms with Crippen molar-refractivity contribution in [2.45, 2.75) is 321 Å². The molecule has 1 amide bonds. The summed E-state index contributed by atoms with van der Waals surface area (Å²) in [6, 6.07) is -1.54. The number of aliphatic hydroxyl groups excluding tert-OH is 1. The lowest BCUT2D eigenvalue weighted by molar-refractivity contribution is -0.147. The van der Waals surface area contributed by atoms with Gasteiger partial charge in [0.1, 0.15) is 12.7 Å². The number of rotatable bonds is 56. The van der Waals surface area contributed by atoms with Gasteiger partial charge in [-0.1, -0.05) is 284 Å². The lowest BCUT2D eigenvalue weighted by atomic mass is 10.0. The Morgan fingerprint density at radius 1 is 0.412 bits per heavy atom. The fourth-order valence-electron chi connectivity index (χ4n) is 8.91. The predicted molar refractivity (Wildman–Crippen MR) is 282 cm³/mol. The molecule has 0 heterocycles. The van der Waals surface area contributed by atoms with Gasteiger partial charge >= 0.3 is 19.8 Å². The van der Waals surface area contributed by atoms with Crippen LogP contribution in [-0.4, -0.2) is 64.9 Å². The molecule has 0 bridgehead atoms. The number of aliphatic hydroxyl groups is 1. The van der Waals surface area contributed by atoms with Crippen LogP contribution in [0.5, 0.6) is 0 Å². The molecule has 4 N–H and O–H groups in total. The molecule has 0 radical (unpaired) electrons. The second-order valence-corrected chi connectivity index (χ2v) is 21.7. The summed E-state index contributed by atoms with van der Waals surface area (Å²) in [4.78, 5) is 46.3. The number of phosphoric ester groups is 1. The zero-order valence-electron chi connectivity index (χ0n) is 44.4. The Morgan fingerprint density at radius 3 is 0.971 bits per heavy atom. The maximum Gasteiger partial charge on any atom is 0.472 e. The molecular formula is C56H110NO10P. The first kappa shape index (κ1) is 66.5. The normalized spacial score (nSPS) is 13.4. The van der Waals surface area contributed by atoms with Crippen molar-refractivity contribution in [2.24, 2.45) is 0 Å². The number of amides is 1. The fraction of sp³-hybridized carbons (Fsp3) is 0.946. The summed E-state index contributed by atoms with van der Waals surface area (Å²) in [5.41, 5.74) is 0. The van der Waals surface area contributed by atoms with E-state index in [1.165, 1.54) is 231 Å². The number of hydrogen-bond donors (Lipinski definition) is 4. The van der Waals surface area contributed by atoms with E-state index in [1.807, 2.05) is 0 Å². The molecule has 404 valence electrons. The average molecular weight is 988 g/mol. The number of carbonyl (C=O) groups is 3. The third-order valence-corrected chi connectivity index (χ3v) is 14.3. The van der Waals surface area contributed by atoms with E-state index in [0.29, 0.717) is 12.8 Å². The molecule has 12 heteroatoms. The van der Waals surface area contributed by atoms with Crippen molar-refractivity contribution >= 4 is 25.7 Å². The topological polar surface area (TPSA) is 169 Å². The summed E-state index contributed by atoms with van der Waals surface area (Å²) >= 11 is 0. The van der Waals surface area contributed by atoms with Crippen LogP contribution in [0.4, 0.5) is 0 Å².